The van der Waals surface area contributed by atoms with Crippen molar-refractivity contribution >= 4 is 5.95 Å². The van der Waals surface area contributed by atoms with Crippen molar-refractivity contribution in [2.45, 2.75) is 6.54 Å². The summed E-state index contributed by atoms with van der Waals surface area (Å²) in [5, 5.41) is 6.95. The van der Waals surface area contributed by atoms with E-state index in [-0.39, 0.29) is 0 Å². The SMILES string of the molecule is CNCc1nc(N2CCN(C)CC2)no1. The fourth-order valence-electron chi connectivity index (χ4n) is 1.60. The van der Waals surface area contributed by atoms with Crippen LogP contribution >= 0.6 is 0 Å². The summed E-state index contributed by atoms with van der Waals surface area (Å²) < 4.78 is 5.11. The van der Waals surface area contributed by atoms with Crippen LogP contribution in [0.5, 0.6) is 0 Å². The summed E-state index contributed by atoms with van der Waals surface area (Å²) in [6, 6.07) is 0. The van der Waals surface area contributed by atoms with E-state index in [2.05, 4.69) is 32.3 Å². The molecule has 1 saturated heterocycles. The van der Waals surface area contributed by atoms with Crippen LogP contribution in [0.2, 0.25) is 0 Å². The Morgan fingerprint density at radius 1 is 1.33 bits per heavy atom. The molecule has 2 heterocycles. The highest BCUT2D eigenvalue weighted by Crippen LogP contribution is 2.11. The fraction of sp³-hybridized carbons (Fsp3) is 0.778. The van der Waals surface area contributed by atoms with Gasteiger partial charge in [0.25, 0.3) is 5.95 Å². The second-order valence-electron chi connectivity index (χ2n) is 3.81. The Balaban J connectivity index is 1.96. The summed E-state index contributed by atoms with van der Waals surface area (Å²) in [6.45, 7) is 4.66. The third-order valence-electron chi connectivity index (χ3n) is 2.57. The standard InChI is InChI=1S/C9H17N5O/c1-10-7-8-11-9(12-15-8)14-5-3-13(2)4-6-14/h10H,3-7H2,1-2H3. The van der Waals surface area contributed by atoms with Crippen LogP contribution in [-0.4, -0.2) is 55.3 Å². The van der Waals surface area contributed by atoms with Crippen molar-refractivity contribution in [2.24, 2.45) is 0 Å². The molecule has 84 valence electrons. The summed E-state index contributed by atoms with van der Waals surface area (Å²) in [5.74, 6) is 1.36. The lowest BCUT2D eigenvalue weighted by Crippen LogP contribution is -2.44. The van der Waals surface area contributed by atoms with Crippen molar-refractivity contribution in [1.29, 1.82) is 0 Å². The minimum atomic E-state index is 0.626. The Labute approximate surface area is 89.2 Å². The van der Waals surface area contributed by atoms with Gasteiger partial charge >= 0.3 is 0 Å². The molecule has 2 rings (SSSR count). The van der Waals surface area contributed by atoms with Gasteiger partial charge in [0.2, 0.25) is 5.89 Å². The van der Waals surface area contributed by atoms with Crippen LogP contribution in [0.25, 0.3) is 0 Å². The molecule has 1 aliphatic heterocycles. The highest BCUT2D eigenvalue weighted by Gasteiger charge is 2.18. The van der Waals surface area contributed by atoms with Gasteiger partial charge < -0.3 is 19.6 Å². The van der Waals surface area contributed by atoms with Crippen LogP contribution in [-0.2, 0) is 6.54 Å². The number of hydrogen-bond acceptors (Lipinski definition) is 6. The van der Waals surface area contributed by atoms with E-state index in [1.54, 1.807) is 0 Å². The van der Waals surface area contributed by atoms with Crippen LogP contribution in [0.1, 0.15) is 5.89 Å². The maximum absolute atomic E-state index is 5.11. The van der Waals surface area contributed by atoms with Gasteiger partial charge in [-0.2, -0.15) is 4.98 Å². The molecule has 0 atom stereocenters. The van der Waals surface area contributed by atoms with Crippen molar-refractivity contribution in [1.82, 2.24) is 20.4 Å². The van der Waals surface area contributed by atoms with Crippen LogP contribution in [0.15, 0.2) is 4.52 Å². The van der Waals surface area contributed by atoms with Gasteiger partial charge in [0, 0.05) is 26.2 Å². The molecule has 1 N–H and O–H groups in total. The Morgan fingerprint density at radius 3 is 2.73 bits per heavy atom. The number of anilines is 1. The minimum absolute atomic E-state index is 0.626. The minimum Gasteiger partial charge on any atom is -0.336 e. The monoisotopic (exact) mass is 211 g/mol. The molecule has 0 aromatic carbocycles. The van der Waals surface area contributed by atoms with Gasteiger partial charge in [-0.05, 0) is 19.3 Å². The maximum Gasteiger partial charge on any atom is 0.266 e. The number of likely N-dealkylation sites (N-methyl/N-ethyl adjacent to an activating group) is 1. The Kier molecular flexibility index (Phi) is 3.17. The first kappa shape index (κ1) is 10.4. The summed E-state index contributed by atoms with van der Waals surface area (Å²) in [5.41, 5.74) is 0. The number of aromatic nitrogens is 2. The zero-order chi connectivity index (χ0) is 10.7. The molecule has 0 unspecified atom stereocenters. The molecule has 15 heavy (non-hydrogen) atoms. The lowest BCUT2D eigenvalue weighted by Gasteiger charge is -2.31. The topological polar surface area (TPSA) is 57.4 Å². The largest absolute Gasteiger partial charge is 0.336 e. The first-order valence-corrected chi connectivity index (χ1v) is 5.20. The Bertz CT molecular complexity index is 305. The van der Waals surface area contributed by atoms with Crippen LogP contribution in [0.3, 0.4) is 0 Å². The average Bonchev–Trinajstić information content (AvgIpc) is 2.68. The first-order chi connectivity index (χ1) is 7.29. The van der Waals surface area contributed by atoms with Crippen molar-refractivity contribution < 1.29 is 4.52 Å². The average molecular weight is 211 g/mol. The molecule has 1 fully saturated rings. The van der Waals surface area contributed by atoms with Crippen molar-refractivity contribution in [3.63, 3.8) is 0 Å². The normalized spacial score (nSPS) is 18.4. The number of hydrogen-bond donors (Lipinski definition) is 1. The molecule has 6 nitrogen and oxygen atoms in total. The zero-order valence-electron chi connectivity index (χ0n) is 9.23. The number of rotatable bonds is 3. The zero-order valence-corrected chi connectivity index (χ0v) is 9.23. The van der Waals surface area contributed by atoms with E-state index in [4.69, 9.17) is 4.52 Å². The summed E-state index contributed by atoms with van der Waals surface area (Å²) >= 11 is 0. The fourth-order valence-corrected chi connectivity index (χ4v) is 1.60. The van der Waals surface area contributed by atoms with Gasteiger partial charge in [0.1, 0.15) is 0 Å². The van der Waals surface area contributed by atoms with Gasteiger partial charge in [-0.25, -0.2) is 0 Å². The molecule has 0 saturated carbocycles. The van der Waals surface area contributed by atoms with E-state index in [0.29, 0.717) is 18.4 Å². The van der Waals surface area contributed by atoms with Gasteiger partial charge in [0.05, 0.1) is 6.54 Å². The van der Waals surface area contributed by atoms with Crippen LogP contribution in [0, 0.1) is 0 Å². The number of piperazine rings is 1. The second kappa shape index (κ2) is 4.59. The van der Waals surface area contributed by atoms with Gasteiger partial charge in [0.15, 0.2) is 0 Å². The summed E-state index contributed by atoms with van der Waals surface area (Å²) in [6.07, 6.45) is 0. The highest BCUT2D eigenvalue weighted by atomic mass is 16.5. The molecule has 0 radical (unpaired) electrons. The van der Waals surface area contributed by atoms with Crippen LogP contribution in [0.4, 0.5) is 5.95 Å². The molecule has 0 aliphatic carbocycles. The maximum atomic E-state index is 5.11. The molecule has 0 bridgehead atoms. The molecule has 6 heteroatoms. The Morgan fingerprint density at radius 2 is 2.07 bits per heavy atom. The van der Waals surface area contributed by atoms with Crippen molar-refractivity contribution in [2.75, 3.05) is 45.2 Å². The smallest absolute Gasteiger partial charge is 0.266 e. The lowest BCUT2D eigenvalue weighted by atomic mass is 10.3. The number of nitrogens with one attached hydrogen (secondary N) is 1. The highest BCUT2D eigenvalue weighted by molar-refractivity contribution is 5.28. The van der Waals surface area contributed by atoms with Crippen molar-refractivity contribution in [3.8, 4) is 0 Å². The molecular formula is C9H17N5O. The van der Waals surface area contributed by atoms with Gasteiger partial charge in [-0.1, -0.05) is 0 Å². The third kappa shape index (κ3) is 2.45. The predicted molar refractivity (Wildman–Crippen MR) is 56.8 cm³/mol. The van der Waals surface area contributed by atoms with E-state index < -0.39 is 0 Å². The molecule has 1 aromatic rings. The Hall–Kier alpha value is -1.14. The van der Waals surface area contributed by atoms with E-state index in [1.807, 2.05) is 7.05 Å². The number of nitrogens with zero attached hydrogens (tertiary/aromatic N) is 4. The van der Waals surface area contributed by atoms with E-state index in [9.17, 15) is 0 Å². The molecule has 0 amide bonds. The van der Waals surface area contributed by atoms with Crippen molar-refractivity contribution in [3.05, 3.63) is 5.89 Å². The lowest BCUT2D eigenvalue weighted by molar-refractivity contribution is 0.308. The van der Waals surface area contributed by atoms with Gasteiger partial charge in [-0.3, -0.25) is 0 Å². The first-order valence-electron chi connectivity index (χ1n) is 5.20. The van der Waals surface area contributed by atoms with E-state index >= 15 is 0 Å². The van der Waals surface area contributed by atoms with E-state index in [1.165, 1.54) is 0 Å². The molecule has 1 aliphatic rings. The van der Waals surface area contributed by atoms with Gasteiger partial charge in [-0.15, -0.1) is 0 Å². The molecule has 0 spiro atoms. The summed E-state index contributed by atoms with van der Waals surface area (Å²) in [7, 11) is 3.99. The third-order valence-corrected chi connectivity index (χ3v) is 2.57. The quantitative estimate of drug-likeness (QED) is 0.730. The van der Waals surface area contributed by atoms with E-state index in [0.717, 1.165) is 26.2 Å². The predicted octanol–water partition coefficient (Wildman–Crippen LogP) is -0.459. The molecule has 1 aromatic heterocycles. The second-order valence-corrected chi connectivity index (χ2v) is 3.81. The molecular weight excluding hydrogens is 194 g/mol. The van der Waals surface area contributed by atoms with Crippen LogP contribution < -0.4 is 10.2 Å². The summed E-state index contributed by atoms with van der Waals surface area (Å²) in [4.78, 5) is 8.77.